The second-order valence-corrected chi connectivity index (χ2v) is 5.82. The molecule has 0 bridgehead atoms. The van der Waals surface area contributed by atoms with Crippen LogP contribution in [0.15, 0.2) is 24.3 Å². The van der Waals surface area contributed by atoms with E-state index in [0.29, 0.717) is 6.04 Å². The predicted octanol–water partition coefficient (Wildman–Crippen LogP) is 2.51. The summed E-state index contributed by atoms with van der Waals surface area (Å²) in [6.07, 6.45) is 0.229. The molecule has 1 aliphatic heterocycles. The number of esters is 1. The molecule has 0 spiro atoms. The summed E-state index contributed by atoms with van der Waals surface area (Å²) < 4.78 is 11.4. The van der Waals surface area contributed by atoms with Crippen LogP contribution in [0.5, 0.6) is 5.75 Å². The maximum Gasteiger partial charge on any atom is 0.311 e. The van der Waals surface area contributed by atoms with E-state index in [9.17, 15) is 4.79 Å². The highest BCUT2D eigenvalue weighted by molar-refractivity contribution is 5.71. The van der Waals surface area contributed by atoms with Crippen LogP contribution in [0, 0.1) is 5.92 Å². The van der Waals surface area contributed by atoms with Gasteiger partial charge in [-0.05, 0) is 18.1 Å². The van der Waals surface area contributed by atoms with Crippen LogP contribution in [0.3, 0.4) is 0 Å². The third-order valence-electron chi connectivity index (χ3n) is 3.24. The molecule has 1 aromatic carbocycles. The zero-order valence-corrected chi connectivity index (χ0v) is 12.6. The maximum atomic E-state index is 11.8. The van der Waals surface area contributed by atoms with Gasteiger partial charge >= 0.3 is 5.97 Å². The van der Waals surface area contributed by atoms with Crippen molar-refractivity contribution < 1.29 is 14.3 Å². The quantitative estimate of drug-likeness (QED) is 0.859. The van der Waals surface area contributed by atoms with Gasteiger partial charge in [-0.15, -0.1) is 0 Å². The van der Waals surface area contributed by atoms with E-state index < -0.39 is 6.29 Å². The molecule has 0 amide bonds. The lowest BCUT2D eigenvalue weighted by Gasteiger charge is -2.34. The average Bonchev–Trinajstić information content (AvgIpc) is 2.38. The normalized spacial score (nSPS) is 21.5. The summed E-state index contributed by atoms with van der Waals surface area (Å²) in [5.74, 6) is 0.413. The molecule has 2 rings (SSSR count). The average molecular weight is 277 g/mol. The van der Waals surface area contributed by atoms with Crippen LogP contribution in [0.2, 0.25) is 0 Å². The number of para-hydroxylation sites is 1. The van der Waals surface area contributed by atoms with Crippen molar-refractivity contribution in [3.63, 3.8) is 0 Å². The molecular formula is C16H23NO3. The molecule has 1 N–H and O–H groups in total. The van der Waals surface area contributed by atoms with Gasteiger partial charge in [-0.25, -0.2) is 0 Å². The van der Waals surface area contributed by atoms with Crippen molar-refractivity contribution in [2.24, 2.45) is 5.92 Å². The zero-order valence-electron chi connectivity index (χ0n) is 12.6. The third-order valence-corrected chi connectivity index (χ3v) is 3.24. The van der Waals surface area contributed by atoms with Crippen molar-refractivity contribution in [2.45, 2.75) is 52.5 Å². The van der Waals surface area contributed by atoms with Gasteiger partial charge in [-0.1, -0.05) is 45.9 Å². The highest BCUT2D eigenvalue weighted by Gasteiger charge is 2.33. The Hall–Kier alpha value is -1.55. The molecule has 1 heterocycles. The molecule has 0 fully saturated rings. The summed E-state index contributed by atoms with van der Waals surface area (Å²) in [5, 5.41) is 3.41. The first-order chi connectivity index (χ1) is 9.47. The molecule has 2 atom stereocenters. The Morgan fingerprint density at radius 1 is 1.30 bits per heavy atom. The number of hydrogen-bond acceptors (Lipinski definition) is 4. The first-order valence-electron chi connectivity index (χ1n) is 7.18. The van der Waals surface area contributed by atoms with Crippen LogP contribution in [0.4, 0.5) is 0 Å². The second-order valence-electron chi connectivity index (χ2n) is 5.82. The van der Waals surface area contributed by atoms with Crippen LogP contribution in [0.25, 0.3) is 0 Å². The first kappa shape index (κ1) is 14.9. The van der Waals surface area contributed by atoms with Gasteiger partial charge in [0.15, 0.2) is 0 Å². The first-order valence-corrected chi connectivity index (χ1v) is 7.18. The standard InChI is InChI=1S/C16H23NO3/c1-10(2)15(18)20-16-13(17-11(3)4)9-12-7-5-6-8-14(12)19-16/h5-8,10-11,13,16-17H,9H2,1-4H3/t13-,16?/m0/s1. The van der Waals surface area contributed by atoms with E-state index >= 15 is 0 Å². The molecule has 4 heteroatoms. The van der Waals surface area contributed by atoms with Crippen LogP contribution in [-0.2, 0) is 16.0 Å². The molecule has 110 valence electrons. The summed E-state index contributed by atoms with van der Waals surface area (Å²) >= 11 is 0. The van der Waals surface area contributed by atoms with Gasteiger partial charge in [0.1, 0.15) is 5.75 Å². The molecule has 0 saturated carbocycles. The van der Waals surface area contributed by atoms with Crippen LogP contribution in [0.1, 0.15) is 33.3 Å². The number of carbonyl (C=O) groups is 1. The molecule has 1 unspecified atom stereocenters. The summed E-state index contributed by atoms with van der Waals surface area (Å²) in [4.78, 5) is 11.8. The smallest absolute Gasteiger partial charge is 0.311 e. The highest BCUT2D eigenvalue weighted by Crippen LogP contribution is 2.28. The van der Waals surface area contributed by atoms with Crippen LogP contribution < -0.4 is 10.1 Å². The lowest BCUT2D eigenvalue weighted by molar-refractivity contribution is -0.173. The maximum absolute atomic E-state index is 11.8. The molecule has 1 aliphatic rings. The molecule has 0 radical (unpaired) electrons. The van der Waals surface area contributed by atoms with Crippen molar-refractivity contribution in [1.82, 2.24) is 5.32 Å². The number of fused-ring (bicyclic) bond motifs is 1. The minimum Gasteiger partial charge on any atom is -0.453 e. The number of benzene rings is 1. The highest BCUT2D eigenvalue weighted by atomic mass is 16.7. The van der Waals surface area contributed by atoms with Crippen molar-refractivity contribution >= 4 is 5.97 Å². The number of rotatable bonds is 4. The van der Waals surface area contributed by atoms with Gasteiger partial charge in [0, 0.05) is 6.04 Å². The van der Waals surface area contributed by atoms with Crippen molar-refractivity contribution in [3.8, 4) is 5.75 Å². The molecule has 20 heavy (non-hydrogen) atoms. The Bertz CT molecular complexity index is 471. The Balaban J connectivity index is 2.16. The Kier molecular flexibility index (Phi) is 4.65. The monoisotopic (exact) mass is 277 g/mol. The topological polar surface area (TPSA) is 47.6 Å². The fraction of sp³-hybridized carbons (Fsp3) is 0.562. The Labute approximate surface area is 120 Å². The number of ether oxygens (including phenoxy) is 2. The fourth-order valence-corrected chi connectivity index (χ4v) is 2.25. The van der Waals surface area contributed by atoms with Crippen molar-refractivity contribution in [2.75, 3.05) is 0 Å². The fourth-order valence-electron chi connectivity index (χ4n) is 2.25. The summed E-state index contributed by atoms with van der Waals surface area (Å²) in [6.45, 7) is 7.79. The number of hydrogen-bond donors (Lipinski definition) is 1. The van der Waals surface area contributed by atoms with Crippen molar-refractivity contribution in [3.05, 3.63) is 29.8 Å². The molecule has 0 saturated heterocycles. The summed E-state index contributed by atoms with van der Waals surface area (Å²) in [7, 11) is 0. The Morgan fingerprint density at radius 3 is 2.65 bits per heavy atom. The Morgan fingerprint density at radius 2 is 2.00 bits per heavy atom. The van der Waals surface area contributed by atoms with Crippen LogP contribution >= 0.6 is 0 Å². The van der Waals surface area contributed by atoms with E-state index in [1.807, 2.05) is 38.1 Å². The molecule has 0 aromatic heterocycles. The van der Waals surface area contributed by atoms with E-state index in [1.165, 1.54) is 0 Å². The van der Waals surface area contributed by atoms with Crippen LogP contribution in [-0.4, -0.2) is 24.3 Å². The molecular weight excluding hydrogens is 254 g/mol. The lowest BCUT2D eigenvalue weighted by Crippen LogP contribution is -2.51. The van der Waals surface area contributed by atoms with E-state index in [4.69, 9.17) is 9.47 Å². The molecule has 1 aromatic rings. The van der Waals surface area contributed by atoms with Gasteiger partial charge in [-0.2, -0.15) is 0 Å². The van der Waals surface area contributed by atoms with Gasteiger partial charge in [0.05, 0.1) is 12.0 Å². The van der Waals surface area contributed by atoms with Gasteiger partial charge in [0.25, 0.3) is 6.29 Å². The number of carbonyl (C=O) groups excluding carboxylic acids is 1. The third kappa shape index (κ3) is 3.51. The van der Waals surface area contributed by atoms with E-state index in [1.54, 1.807) is 0 Å². The van der Waals surface area contributed by atoms with E-state index in [2.05, 4.69) is 19.2 Å². The molecule has 0 aliphatic carbocycles. The predicted molar refractivity (Wildman–Crippen MR) is 77.6 cm³/mol. The van der Waals surface area contributed by atoms with Gasteiger partial charge in [-0.3, -0.25) is 4.79 Å². The van der Waals surface area contributed by atoms with Crippen molar-refractivity contribution in [1.29, 1.82) is 0 Å². The lowest BCUT2D eigenvalue weighted by atomic mass is 10.0. The summed E-state index contributed by atoms with van der Waals surface area (Å²) in [5.41, 5.74) is 1.14. The minimum atomic E-state index is -0.567. The largest absolute Gasteiger partial charge is 0.453 e. The molecule has 4 nitrogen and oxygen atoms in total. The second kappa shape index (κ2) is 6.27. The SMILES string of the molecule is CC(C)N[C@H]1Cc2ccccc2OC1OC(=O)C(C)C. The minimum absolute atomic E-state index is 0.0207. The number of nitrogens with one attached hydrogen (secondary N) is 1. The zero-order chi connectivity index (χ0) is 14.7. The van der Waals surface area contributed by atoms with E-state index in [0.717, 1.165) is 17.7 Å². The van der Waals surface area contributed by atoms with Gasteiger partial charge < -0.3 is 14.8 Å². The summed E-state index contributed by atoms with van der Waals surface area (Å²) in [6, 6.07) is 8.16. The van der Waals surface area contributed by atoms with Gasteiger partial charge in [0.2, 0.25) is 0 Å². The van der Waals surface area contributed by atoms with E-state index in [-0.39, 0.29) is 17.9 Å².